The summed E-state index contributed by atoms with van der Waals surface area (Å²) < 4.78 is 5.72. The summed E-state index contributed by atoms with van der Waals surface area (Å²) in [5.74, 6) is 0.992. The van der Waals surface area contributed by atoms with E-state index in [4.69, 9.17) is 4.74 Å². The van der Waals surface area contributed by atoms with Crippen molar-refractivity contribution in [1.29, 1.82) is 0 Å². The summed E-state index contributed by atoms with van der Waals surface area (Å²) in [6.07, 6.45) is 3.60. The van der Waals surface area contributed by atoms with E-state index in [0.29, 0.717) is 13.2 Å². The average Bonchev–Trinajstić information content (AvgIpc) is 2.84. The second-order valence-corrected chi connectivity index (χ2v) is 6.38. The maximum Gasteiger partial charge on any atom is 0.235 e. The molecule has 0 N–H and O–H groups in total. The topological polar surface area (TPSA) is 29.5 Å². The van der Waals surface area contributed by atoms with Crippen molar-refractivity contribution in [3.05, 3.63) is 29.3 Å². The Morgan fingerprint density at radius 1 is 1.42 bits per heavy atom. The first-order valence-electron chi connectivity index (χ1n) is 6.71. The Hall–Kier alpha value is -1.03. The van der Waals surface area contributed by atoms with Crippen LogP contribution in [0, 0.1) is 0 Å². The summed E-state index contributed by atoms with van der Waals surface area (Å²) >= 11 is 3.28. The summed E-state index contributed by atoms with van der Waals surface area (Å²) in [7, 11) is 1.80. The van der Waals surface area contributed by atoms with Crippen molar-refractivity contribution in [1.82, 2.24) is 4.90 Å². The molecule has 1 amide bonds. The number of rotatable bonds is 5. The highest BCUT2D eigenvalue weighted by molar-refractivity contribution is 9.10. The van der Waals surface area contributed by atoms with E-state index in [0.717, 1.165) is 12.2 Å². The molecule has 1 aromatic rings. The lowest BCUT2D eigenvalue weighted by atomic mass is 10.1. The van der Waals surface area contributed by atoms with Gasteiger partial charge in [-0.1, -0.05) is 22.0 Å². The van der Waals surface area contributed by atoms with Crippen LogP contribution in [-0.2, 0) is 17.6 Å². The van der Waals surface area contributed by atoms with Gasteiger partial charge in [-0.15, -0.1) is 0 Å². The largest absolute Gasteiger partial charge is 0.492 e. The van der Waals surface area contributed by atoms with Gasteiger partial charge < -0.3 is 9.64 Å². The fraction of sp³-hybridized carbons (Fsp3) is 0.533. The molecule has 0 fully saturated rings. The Balaban J connectivity index is 1.81. The highest BCUT2D eigenvalue weighted by atomic mass is 79.9. The Labute approximate surface area is 123 Å². The lowest BCUT2D eigenvalue weighted by Crippen LogP contribution is -2.35. The number of ether oxygens (including phenoxy) is 1. The van der Waals surface area contributed by atoms with E-state index in [2.05, 4.69) is 28.1 Å². The van der Waals surface area contributed by atoms with Crippen molar-refractivity contribution < 1.29 is 9.53 Å². The number of amides is 1. The Morgan fingerprint density at radius 3 is 2.89 bits per heavy atom. The van der Waals surface area contributed by atoms with Crippen LogP contribution < -0.4 is 4.74 Å². The fourth-order valence-corrected chi connectivity index (χ4v) is 2.70. The molecule has 0 radical (unpaired) electrons. The zero-order valence-corrected chi connectivity index (χ0v) is 13.1. The number of alkyl halides is 1. The molecule has 0 aromatic heterocycles. The number of carbonyl (C=O) groups excluding carboxylic acids is 1. The fourth-order valence-electron chi connectivity index (χ4n) is 2.35. The smallest absolute Gasteiger partial charge is 0.235 e. The monoisotopic (exact) mass is 325 g/mol. The molecule has 0 bridgehead atoms. The first-order valence-corrected chi connectivity index (χ1v) is 7.63. The number of likely N-dealkylation sites (N-methyl/N-ethyl adjacent to an activating group) is 1. The van der Waals surface area contributed by atoms with Crippen LogP contribution in [0.25, 0.3) is 0 Å². The molecule has 2 rings (SSSR count). The maximum absolute atomic E-state index is 11.7. The van der Waals surface area contributed by atoms with E-state index in [1.165, 1.54) is 24.0 Å². The minimum Gasteiger partial charge on any atom is -0.492 e. The predicted molar refractivity (Wildman–Crippen MR) is 80.0 cm³/mol. The molecule has 0 spiro atoms. The van der Waals surface area contributed by atoms with E-state index in [-0.39, 0.29) is 10.7 Å². The third kappa shape index (κ3) is 3.72. The Kier molecular flexibility index (Phi) is 4.86. The number of benzene rings is 1. The van der Waals surface area contributed by atoms with Crippen molar-refractivity contribution in [3.63, 3.8) is 0 Å². The van der Waals surface area contributed by atoms with E-state index in [1.54, 1.807) is 11.9 Å². The molecule has 0 heterocycles. The van der Waals surface area contributed by atoms with Gasteiger partial charge in [0.2, 0.25) is 5.91 Å². The van der Waals surface area contributed by atoms with Gasteiger partial charge in [-0.25, -0.2) is 0 Å². The molecule has 1 atom stereocenters. The van der Waals surface area contributed by atoms with Crippen molar-refractivity contribution in [2.45, 2.75) is 31.0 Å². The summed E-state index contributed by atoms with van der Waals surface area (Å²) in [5.41, 5.74) is 2.86. The highest BCUT2D eigenvalue weighted by Crippen LogP contribution is 2.25. The number of halogens is 1. The van der Waals surface area contributed by atoms with Gasteiger partial charge in [-0.3, -0.25) is 4.79 Å². The minimum atomic E-state index is -0.141. The van der Waals surface area contributed by atoms with Crippen LogP contribution in [0.1, 0.15) is 24.5 Å². The summed E-state index contributed by atoms with van der Waals surface area (Å²) in [6.45, 7) is 2.97. The molecule has 1 unspecified atom stereocenters. The molecule has 0 aliphatic heterocycles. The van der Waals surface area contributed by atoms with Crippen LogP contribution in [0.5, 0.6) is 5.75 Å². The normalized spacial score (nSPS) is 14.9. The average molecular weight is 326 g/mol. The quantitative estimate of drug-likeness (QED) is 0.779. The highest BCUT2D eigenvalue weighted by Gasteiger charge is 2.14. The van der Waals surface area contributed by atoms with Gasteiger partial charge in [0.15, 0.2) is 0 Å². The molecule has 0 saturated carbocycles. The van der Waals surface area contributed by atoms with E-state index in [1.807, 2.05) is 13.0 Å². The third-order valence-corrected chi connectivity index (χ3v) is 3.87. The van der Waals surface area contributed by atoms with Crippen LogP contribution in [-0.4, -0.2) is 35.8 Å². The second kappa shape index (κ2) is 6.42. The van der Waals surface area contributed by atoms with Crippen LogP contribution >= 0.6 is 15.9 Å². The lowest BCUT2D eigenvalue weighted by molar-refractivity contribution is -0.129. The first kappa shape index (κ1) is 14.4. The number of aryl methyl sites for hydroxylation is 2. The van der Waals surface area contributed by atoms with Crippen molar-refractivity contribution in [2.24, 2.45) is 0 Å². The SMILES string of the molecule is CC(Br)C(=O)N(C)CCOc1ccc2c(c1)CCC2. The summed E-state index contributed by atoms with van der Waals surface area (Å²) in [5, 5.41) is 0. The zero-order valence-electron chi connectivity index (χ0n) is 11.5. The van der Waals surface area contributed by atoms with Crippen LogP contribution in [0.2, 0.25) is 0 Å². The molecular formula is C15H20BrNO2. The lowest BCUT2D eigenvalue weighted by Gasteiger charge is -2.19. The van der Waals surface area contributed by atoms with Crippen LogP contribution in [0.4, 0.5) is 0 Å². The molecule has 19 heavy (non-hydrogen) atoms. The molecular weight excluding hydrogens is 306 g/mol. The van der Waals surface area contributed by atoms with E-state index in [9.17, 15) is 4.79 Å². The summed E-state index contributed by atoms with van der Waals surface area (Å²) in [6, 6.07) is 6.32. The van der Waals surface area contributed by atoms with Gasteiger partial charge in [-0.05, 0) is 49.4 Å². The van der Waals surface area contributed by atoms with Gasteiger partial charge in [0.05, 0.1) is 11.4 Å². The Bertz CT molecular complexity index is 459. The molecule has 3 nitrogen and oxygen atoms in total. The number of hydrogen-bond acceptors (Lipinski definition) is 2. The number of hydrogen-bond donors (Lipinski definition) is 0. The van der Waals surface area contributed by atoms with Gasteiger partial charge in [0.25, 0.3) is 0 Å². The molecule has 4 heteroatoms. The third-order valence-electron chi connectivity index (χ3n) is 3.48. The van der Waals surface area contributed by atoms with E-state index >= 15 is 0 Å². The van der Waals surface area contributed by atoms with Crippen molar-refractivity contribution in [2.75, 3.05) is 20.2 Å². The Morgan fingerprint density at radius 2 is 2.16 bits per heavy atom. The van der Waals surface area contributed by atoms with Gasteiger partial charge in [0, 0.05) is 7.05 Å². The van der Waals surface area contributed by atoms with Crippen LogP contribution in [0.3, 0.4) is 0 Å². The second-order valence-electron chi connectivity index (χ2n) is 5.01. The van der Waals surface area contributed by atoms with E-state index < -0.39 is 0 Å². The van der Waals surface area contributed by atoms with Gasteiger partial charge >= 0.3 is 0 Å². The summed E-state index contributed by atoms with van der Waals surface area (Å²) in [4.78, 5) is 13.2. The number of nitrogens with zero attached hydrogens (tertiary/aromatic N) is 1. The molecule has 1 aliphatic carbocycles. The number of fused-ring (bicyclic) bond motifs is 1. The zero-order chi connectivity index (χ0) is 13.8. The molecule has 104 valence electrons. The van der Waals surface area contributed by atoms with Crippen molar-refractivity contribution >= 4 is 21.8 Å². The molecule has 1 aliphatic rings. The molecule has 1 aromatic carbocycles. The standard InChI is InChI=1S/C15H20BrNO2/c1-11(16)15(18)17(2)8-9-19-14-7-6-12-4-3-5-13(12)10-14/h6-7,10-11H,3-5,8-9H2,1-2H3. The maximum atomic E-state index is 11.7. The van der Waals surface area contributed by atoms with Crippen LogP contribution in [0.15, 0.2) is 18.2 Å². The minimum absolute atomic E-state index is 0.0811. The van der Waals surface area contributed by atoms with Gasteiger partial charge in [0.1, 0.15) is 12.4 Å². The first-order chi connectivity index (χ1) is 9.08. The molecule has 0 saturated heterocycles. The van der Waals surface area contributed by atoms with Crippen molar-refractivity contribution in [3.8, 4) is 5.75 Å². The predicted octanol–water partition coefficient (Wildman–Crippen LogP) is 2.80. The van der Waals surface area contributed by atoms with Gasteiger partial charge in [-0.2, -0.15) is 0 Å². The number of carbonyl (C=O) groups is 1.